The lowest BCUT2D eigenvalue weighted by molar-refractivity contribution is 0.0697. The number of halogens is 4. The van der Waals surface area contributed by atoms with Gasteiger partial charge in [-0.05, 0) is 25.1 Å². The van der Waals surface area contributed by atoms with Crippen molar-refractivity contribution in [3.05, 3.63) is 51.1 Å². The third-order valence-corrected chi connectivity index (χ3v) is 3.34. The van der Waals surface area contributed by atoms with E-state index >= 15 is 0 Å². The van der Waals surface area contributed by atoms with Gasteiger partial charge in [-0.15, -0.1) is 0 Å². The number of benzene rings is 1. The Morgan fingerprint density at radius 2 is 1.95 bits per heavy atom. The number of aryl methyl sites for hydroxylation is 1. The molecule has 0 bridgehead atoms. The summed E-state index contributed by atoms with van der Waals surface area (Å²) >= 11 is 11.7. The molecule has 0 aliphatic heterocycles. The molecule has 0 aliphatic rings. The van der Waals surface area contributed by atoms with Crippen LogP contribution in [0.5, 0.6) is 0 Å². The number of rotatable bonds is 3. The summed E-state index contributed by atoms with van der Waals surface area (Å²) < 4.78 is 27.1. The lowest BCUT2D eigenvalue weighted by Gasteiger charge is -2.12. The fraction of sp³-hybridized carbons (Fsp3) is 0.0769. The Kier molecular flexibility index (Phi) is 4.29. The van der Waals surface area contributed by atoms with Crippen molar-refractivity contribution in [3.63, 3.8) is 0 Å². The van der Waals surface area contributed by atoms with E-state index in [9.17, 15) is 13.6 Å². The predicted octanol–water partition coefficient (Wildman–Crippen LogP) is 4.42. The second-order valence-corrected chi connectivity index (χ2v) is 4.91. The molecule has 2 N–H and O–H groups in total. The molecule has 0 fully saturated rings. The van der Waals surface area contributed by atoms with Gasteiger partial charge in [0, 0.05) is 0 Å². The van der Waals surface area contributed by atoms with Crippen LogP contribution in [0, 0.1) is 18.6 Å². The molecule has 2 aromatic rings. The smallest absolute Gasteiger partial charge is 0.337 e. The molecule has 0 amide bonds. The Bertz CT molecular complexity index is 739. The second-order valence-electron chi connectivity index (χ2n) is 4.10. The van der Waals surface area contributed by atoms with Crippen molar-refractivity contribution >= 4 is 40.7 Å². The minimum Gasteiger partial charge on any atom is -0.478 e. The lowest BCUT2D eigenvalue weighted by Crippen LogP contribution is -2.08. The minimum absolute atomic E-state index is 0.0226. The molecule has 110 valence electrons. The van der Waals surface area contributed by atoms with E-state index in [1.54, 1.807) is 6.92 Å². The number of carboxylic acid groups (broad SMARTS) is 1. The maximum atomic E-state index is 13.8. The molecule has 1 aromatic heterocycles. The molecule has 8 heteroatoms. The fourth-order valence-corrected chi connectivity index (χ4v) is 2.02. The monoisotopic (exact) mass is 332 g/mol. The zero-order valence-corrected chi connectivity index (χ0v) is 12.1. The van der Waals surface area contributed by atoms with Crippen LogP contribution >= 0.6 is 23.2 Å². The summed E-state index contributed by atoms with van der Waals surface area (Å²) in [6.07, 6.45) is 0. The first-order valence-electron chi connectivity index (χ1n) is 5.62. The van der Waals surface area contributed by atoms with Gasteiger partial charge in [-0.25, -0.2) is 18.6 Å². The van der Waals surface area contributed by atoms with E-state index in [0.29, 0.717) is 10.7 Å². The topological polar surface area (TPSA) is 62.2 Å². The first-order valence-corrected chi connectivity index (χ1v) is 6.37. The Hall–Kier alpha value is -1.92. The van der Waals surface area contributed by atoms with Gasteiger partial charge in [0.2, 0.25) is 0 Å². The van der Waals surface area contributed by atoms with Gasteiger partial charge in [-0.2, -0.15) is 0 Å². The van der Waals surface area contributed by atoms with Crippen LogP contribution in [0.4, 0.5) is 20.3 Å². The second kappa shape index (κ2) is 5.83. The first kappa shape index (κ1) is 15.5. The van der Waals surface area contributed by atoms with Gasteiger partial charge in [0.1, 0.15) is 5.82 Å². The largest absolute Gasteiger partial charge is 0.478 e. The molecule has 0 atom stereocenters. The fourth-order valence-electron chi connectivity index (χ4n) is 1.62. The average molecular weight is 333 g/mol. The van der Waals surface area contributed by atoms with Crippen LogP contribution in [-0.2, 0) is 0 Å². The van der Waals surface area contributed by atoms with Gasteiger partial charge in [0.25, 0.3) is 0 Å². The van der Waals surface area contributed by atoms with Crippen LogP contribution in [0.2, 0.25) is 10.0 Å². The van der Waals surface area contributed by atoms with Gasteiger partial charge < -0.3 is 10.4 Å². The van der Waals surface area contributed by atoms with Crippen LogP contribution in [-0.4, -0.2) is 16.1 Å². The molecule has 0 saturated heterocycles. The Labute approximate surface area is 128 Å². The highest BCUT2D eigenvalue weighted by atomic mass is 35.5. The molecule has 0 saturated carbocycles. The highest BCUT2D eigenvalue weighted by Crippen LogP contribution is 2.31. The first-order chi connectivity index (χ1) is 9.81. The van der Waals surface area contributed by atoms with Crippen LogP contribution < -0.4 is 5.32 Å². The number of aromatic nitrogens is 1. The average Bonchev–Trinajstić information content (AvgIpc) is 2.40. The third-order valence-electron chi connectivity index (χ3n) is 2.67. The molecule has 2 rings (SSSR count). The number of carbonyl (C=O) groups is 1. The number of nitrogens with one attached hydrogen (secondary N) is 1. The number of aromatic carboxylic acids is 1. The van der Waals surface area contributed by atoms with Crippen LogP contribution in [0.25, 0.3) is 0 Å². The van der Waals surface area contributed by atoms with Gasteiger partial charge in [-0.3, -0.25) is 0 Å². The van der Waals surface area contributed by atoms with Crippen molar-refractivity contribution in [2.75, 3.05) is 5.32 Å². The van der Waals surface area contributed by atoms with E-state index < -0.39 is 28.9 Å². The molecule has 1 aromatic carbocycles. The molecule has 1 heterocycles. The minimum atomic E-state index is -1.42. The maximum Gasteiger partial charge on any atom is 0.337 e. The van der Waals surface area contributed by atoms with E-state index in [1.165, 1.54) is 6.07 Å². The summed E-state index contributed by atoms with van der Waals surface area (Å²) in [5.41, 5.74) is -0.602. The number of anilines is 2. The maximum absolute atomic E-state index is 13.8. The Balaban J connectivity index is 2.56. The summed E-state index contributed by atoms with van der Waals surface area (Å²) in [7, 11) is 0. The molecule has 0 radical (unpaired) electrons. The van der Waals surface area contributed by atoms with Crippen molar-refractivity contribution in [1.82, 2.24) is 4.98 Å². The van der Waals surface area contributed by atoms with Crippen LogP contribution in [0.3, 0.4) is 0 Å². The molecule has 0 unspecified atom stereocenters. The van der Waals surface area contributed by atoms with Crippen LogP contribution in [0.1, 0.15) is 16.1 Å². The Morgan fingerprint density at radius 1 is 1.29 bits per heavy atom. The molecule has 0 aliphatic carbocycles. The molecule has 0 spiro atoms. The van der Waals surface area contributed by atoms with Gasteiger partial charge in [0.05, 0.1) is 27.0 Å². The van der Waals surface area contributed by atoms with Crippen molar-refractivity contribution < 1.29 is 18.7 Å². The number of nitrogens with zero attached hydrogens (tertiary/aromatic N) is 1. The highest BCUT2D eigenvalue weighted by Gasteiger charge is 2.20. The number of pyridine rings is 1. The SMILES string of the molecule is Cc1nc(Nc2c(C(=O)O)ccc(F)c2F)c(Cl)cc1Cl. The van der Waals surface area contributed by atoms with Crippen molar-refractivity contribution in [2.24, 2.45) is 0 Å². The third kappa shape index (κ3) is 3.06. The summed E-state index contributed by atoms with van der Waals surface area (Å²) in [5, 5.41) is 11.8. The molecule has 4 nitrogen and oxygen atoms in total. The summed E-state index contributed by atoms with van der Waals surface area (Å²) in [6, 6.07) is 3.04. The normalized spacial score (nSPS) is 10.5. The van der Waals surface area contributed by atoms with Crippen LogP contribution in [0.15, 0.2) is 18.2 Å². The molecular formula is C13H8Cl2F2N2O2. The lowest BCUT2D eigenvalue weighted by atomic mass is 10.1. The summed E-state index contributed by atoms with van der Waals surface area (Å²) in [6.45, 7) is 1.59. The predicted molar refractivity (Wildman–Crippen MR) is 75.6 cm³/mol. The summed E-state index contributed by atoms with van der Waals surface area (Å²) in [4.78, 5) is 15.1. The molecule has 21 heavy (non-hydrogen) atoms. The van der Waals surface area contributed by atoms with Crippen molar-refractivity contribution in [3.8, 4) is 0 Å². The van der Waals surface area contributed by atoms with E-state index in [1.807, 2.05) is 0 Å². The van der Waals surface area contributed by atoms with E-state index in [2.05, 4.69) is 10.3 Å². The standard InChI is InChI=1S/C13H8Cl2F2N2O2/c1-5-7(14)4-8(15)12(18-5)19-11-6(13(20)21)2-3-9(16)10(11)17/h2-4H,1H3,(H,18,19)(H,20,21). The zero-order valence-electron chi connectivity index (χ0n) is 10.5. The quantitative estimate of drug-likeness (QED) is 0.873. The van der Waals surface area contributed by atoms with Gasteiger partial charge in [0.15, 0.2) is 11.6 Å². The molecular weight excluding hydrogens is 325 g/mol. The Morgan fingerprint density at radius 3 is 2.57 bits per heavy atom. The number of hydrogen-bond donors (Lipinski definition) is 2. The van der Waals surface area contributed by atoms with E-state index in [4.69, 9.17) is 28.3 Å². The highest BCUT2D eigenvalue weighted by molar-refractivity contribution is 6.36. The van der Waals surface area contributed by atoms with Crippen molar-refractivity contribution in [2.45, 2.75) is 6.92 Å². The van der Waals surface area contributed by atoms with Gasteiger partial charge in [-0.1, -0.05) is 23.2 Å². The summed E-state index contributed by atoms with van der Waals surface area (Å²) in [5.74, 6) is -3.96. The van der Waals surface area contributed by atoms with Gasteiger partial charge >= 0.3 is 5.97 Å². The zero-order chi connectivity index (χ0) is 15.7. The number of hydrogen-bond acceptors (Lipinski definition) is 3. The van der Waals surface area contributed by atoms with Crippen molar-refractivity contribution in [1.29, 1.82) is 0 Å². The number of carboxylic acids is 1. The van der Waals surface area contributed by atoms with E-state index in [0.717, 1.165) is 12.1 Å². The van der Waals surface area contributed by atoms with E-state index in [-0.39, 0.29) is 10.8 Å².